The summed E-state index contributed by atoms with van der Waals surface area (Å²) >= 11 is 0. The Morgan fingerprint density at radius 1 is 1.03 bits per heavy atom. The predicted octanol–water partition coefficient (Wildman–Crippen LogP) is 3.41. The number of carbonyl (C=O) groups excluding carboxylic acids is 1. The third-order valence-corrected chi connectivity index (χ3v) is 5.43. The molecule has 0 aliphatic carbocycles. The Hall–Kier alpha value is -3.35. The van der Waals surface area contributed by atoms with Crippen molar-refractivity contribution in [1.82, 2.24) is 5.32 Å². The molecule has 1 aliphatic rings. The number of benzene rings is 1. The molecule has 1 aliphatic heterocycles. The smallest absolute Gasteiger partial charge is 0.253 e. The van der Waals surface area contributed by atoms with Crippen LogP contribution in [0.15, 0.2) is 44.3 Å². The van der Waals surface area contributed by atoms with E-state index in [0.717, 1.165) is 17.7 Å². The molecule has 3 aromatic rings. The maximum atomic E-state index is 12.4. The summed E-state index contributed by atoms with van der Waals surface area (Å²) in [6, 6.07) is 8.89. The van der Waals surface area contributed by atoms with Gasteiger partial charge in [-0.1, -0.05) is 32.9 Å². The quantitative estimate of drug-likeness (QED) is 0.561. The molecule has 7 nitrogen and oxygen atoms in total. The van der Waals surface area contributed by atoms with Crippen LogP contribution in [0.4, 0.5) is 17.1 Å². The summed E-state index contributed by atoms with van der Waals surface area (Å²) < 4.78 is 5.79. The van der Waals surface area contributed by atoms with E-state index >= 15 is 0 Å². The van der Waals surface area contributed by atoms with E-state index in [9.17, 15) is 14.4 Å². The van der Waals surface area contributed by atoms with Crippen molar-refractivity contribution >= 4 is 23.0 Å². The average molecular weight is 407 g/mol. The van der Waals surface area contributed by atoms with Crippen LogP contribution in [0.25, 0.3) is 0 Å². The first-order valence-electron chi connectivity index (χ1n) is 10.00. The van der Waals surface area contributed by atoms with Crippen molar-refractivity contribution in [2.45, 2.75) is 40.2 Å². The van der Waals surface area contributed by atoms with Crippen molar-refractivity contribution in [2.24, 2.45) is 5.41 Å². The number of amides is 1. The third-order valence-electron chi connectivity index (χ3n) is 5.43. The minimum Gasteiger partial charge on any atom is -0.464 e. The molecule has 1 aromatic heterocycles. The topological polar surface area (TPSA) is 100 Å². The molecule has 4 rings (SSSR count). The van der Waals surface area contributed by atoms with Gasteiger partial charge in [-0.25, -0.2) is 0 Å². The molecular formula is C23H25N3O4. The zero-order valence-corrected chi connectivity index (χ0v) is 17.5. The van der Waals surface area contributed by atoms with Crippen LogP contribution in [0, 0.1) is 12.3 Å². The fraction of sp³-hybridized carbons (Fsp3) is 0.348. The van der Waals surface area contributed by atoms with Crippen molar-refractivity contribution in [3.05, 3.63) is 73.4 Å². The molecule has 0 unspecified atom stereocenters. The lowest BCUT2D eigenvalue weighted by Crippen LogP contribution is -2.40. The predicted molar refractivity (Wildman–Crippen MR) is 116 cm³/mol. The number of carbonyl (C=O) groups is 1. The zero-order chi connectivity index (χ0) is 21.6. The maximum absolute atomic E-state index is 12.4. The number of fused-ring (bicyclic) bond motifs is 1. The van der Waals surface area contributed by atoms with Crippen molar-refractivity contribution in [3.8, 4) is 0 Å². The molecule has 7 heteroatoms. The van der Waals surface area contributed by atoms with Gasteiger partial charge in [0.1, 0.15) is 22.9 Å². The first-order valence-corrected chi connectivity index (χ1v) is 10.00. The Kier molecular flexibility index (Phi) is 4.76. The van der Waals surface area contributed by atoms with Gasteiger partial charge >= 0.3 is 0 Å². The number of aryl methyl sites for hydroxylation is 1. The fourth-order valence-electron chi connectivity index (χ4n) is 3.83. The maximum Gasteiger partial charge on any atom is 0.253 e. The second-order valence-corrected chi connectivity index (χ2v) is 8.77. The molecule has 30 heavy (non-hydrogen) atoms. The van der Waals surface area contributed by atoms with E-state index in [0.29, 0.717) is 23.6 Å². The van der Waals surface area contributed by atoms with Crippen molar-refractivity contribution in [3.63, 3.8) is 0 Å². The number of hydrogen-bond donors (Lipinski definition) is 3. The minimum atomic E-state index is -0.602. The van der Waals surface area contributed by atoms with Gasteiger partial charge in [0.25, 0.3) is 16.8 Å². The Balaban J connectivity index is 1.69. The molecule has 0 fully saturated rings. The minimum absolute atomic E-state index is 0.171. The number of furan rings is 1. The van der Waals surface area contributed by atoms with E-state index in [2.05, 4.69) is 16.0 Å². The zero-order valence-electron chi connectivity index (χ0n) is 17.5. The van der Waals surface area contributed by atoms with Crippen LogP contribution in [0.5, 0.6) is 0 Å². The standard InChI is InChI=1S/C23H25N3O4/c1-12-8-9-15(30-12)21(23(2,3)4)26-18-17(19(27)20(18)28)25-14-7-5-6-13-10-11-24-22(29)16(13)14/h5-9,21,25-26H,10-11H2,1-4H3,(H,24,29)/t21-/m0/s1. The molecule has 156 valence electrons. The summed E-state index contributed by atoms with van der Waals surface area (Å²) in [5.74, 6) is 1.27. The summed E-state index contributed by atoms with van der Waals surface area (Å²) in [5.41, 5.74) is 0.854. The van der Waals surface area contributed by atoms with Gasteiger partial charge in [-0.05, 0) is 42.5 Å². The van der Waals surface area contributed by atoms with E-state index < -0.39 is 10.9 Å². The highest BCUT2D eigenvalue weighted by molar-refractivity contribution is 6.03. The van der Waals surface area contributed by atoms with Gasteiger partial charge in [0, 0.05) is 6.54 Å². The Bertz CT molecular complexity index is 1190. The summed E-state index contributed by atoms with van der Waals surface area (Å²) in [7, 11) is 0. The van der Waals surface area contributed by atoms with Gasteiger partial charge in [-0.2, -0.15) is 0 Å². The van der Waals surface area contributed by atoms with Gasteiger partial charge in [0.15, 0.2) is 0 Å². The van der Waals surface area contributed by atoms with Crippen LogP contribution >= 0.6 is 0 Å². The monoisotopic (exact) mass is 407 g/mol. The molecule has 0 saturated carbocycles. The number of rotatable bonds is 5. The van der Waals surface area contributed by atoms with E-state index in [1.807, 2.05) is 52.0 Å². The molecule has 0 saturated heterocycles. The molecule has 0 radical (unpaired) electrons. The lowest BCUT2D eigenvalue weighted by molar-refractivity contribution is 0.0947. The van der Waals surface area contributed by atoms with E-state index in [4.69, 9.17) is 4.42 Å². The SMILES string of the molecule is Cc1ccc([C@H](Nc2c(Nc3cccc4c3C(=O)NCC4)c(=O)c2=O)C(C)(C)C)o1. The fourth-order valence-corrected chi connectivity index (χ4v) is 3.83. The number of nitrogens with one attached hydrogen (secondary N) is 3. The van der Waals surface area contributed by atoms with Gasteiger partial charge in [-0.3, -0.25) is 14.4 Å². The summed E-state index contributed by atoms with van der Waals surface area (Å²) in [4.78, 5) is 37.1. The second-order valence-electron chi connectivity index (χ2n) is 8.77. The van der Waals surface area contributed by atoms with Crippen LogP contribution in [-0.2, 0) is 6.42 Å². The van der Waals surface area contributed by atoms with E-state index in [1.165, 1.54) is 0 Å². The molecule has 1 amide bonds. The van der Waals surface area contributed by atoms with Crippen molar-refractivity contribution in [2.75, 3.05) is 17.2 Å². The van der Waals surface area contributed by atoms with Gasteiger partial charge in [-0.15, -0.1) is 0 Å². The number of anilines is 3. The molecular weight excluding hydrogens is 382 g/mol. The van der Waals surface area contributed by atoms with Crippen LogP contribution in [0.1, 0.15) is 54.3 Å². The third kappa shape index (κ3) is 3.40. The lowest BCUT2D eigenvalue weighted by atomic mass is 9.84. The molecule has 0 bridgehead atoms. The average Bonchev–Trinajstić information content (AvgIpc) is 3.11. The highest BCUT2D eigenvalue weighted by atomic mass is 16.3. The van der Waals surface area contributed by atoms with Gasteiger partial charge < -0.3 is 20.4 Å². The summed E-state index contributed by atoms with van der Waals surface area (Å²) in [6.07, 6.45) is 0.720. The Labute approximate surface area is 174 Å². The van der Waals surface area contributed by atoms with Gasteiger partial charge in [0.2, 0.25) is 0 Å². The number of hydrogen-bond acceptors (Lipinski definition) is 6. The van der Waals surface area contributed by atoms with Crippen LogP contribution in [0.2, 0.25) is 0 Å². The molecule has 1 atom stereocenters. The molecule has 0 spiro atoms. The molecule has 2 heterocycles. The van der Waals surface area contributed by atoms with E-state index in [-0.39, 0.29) is 28.7 Å². The largest absolute Gasteiger partial charge is 0.464 e. The lowest BCUT2D eigenvalue weighted by Gasteiger charge is -2.32. The van der Waals surface area contributed by atoms with Crippen LogP contribution < -0.4 is 26.8 Å². The van der Waals surface area contributed by atoms with Crippen LogP contribution in [-0.4, -0.2) is 12.5 Å². The first-order chi connectivity index (χ1) is 14.2. The van der Waals surface area contributed by atoms with E-state index in [1.54, 1.807) is 6.07 Å². The molecule has 2 aromatic carbocycles. The van der Waals surface area contributed by atoms with Crippen LogP contribution in [0.3, 0.4) is 0 Å². The summed E-state index contributed by atoms with van der Waals surface area (Å²) in [6.45, 7) is 8.52. The Morgan fingerprint density at radius 3 is 2.43 bits per heavy atom. The van der Waals surface area contributed by atoms with Crippen molar-refractivity contribution < 1.29 is 9.21 Å². The van der Waals surface area contributed by atoms with Gasteiger partial charge in [0.05, 0.1) is 17.3 Å². The Morgan fingerprint density at radius 2 is 1.77 bits per heavy atom. The highest BCUT2D eigenvalue weighted by Gasteiger charge is 2.33. The van der Waals surface area contributed by atoms with Crippen molar-refractivity contribution in [1.29, 1.82) is 0 Å². The second kappa shape index (κ2) is 7.16. The summed E-state index contributed by atoms with van der Waals surface area (Å²) in [5, 5.41) is 9.07. The molecule has 3 N–H and O–H groups in total. The first kappa shape index (κ1) is 19.9. The normalized spacial score (nSPS) is 14.9. The highest BCUT2D eigenvalue weighted by Crippen LogP contribution is 2.38.